The topological polar surface area (TPSA) is 61.0 Å². The number of carbonyl (C=O) groups excluding carboxylic acids is 1. The summed E-state index contributed by atoms with van der Waals surface area (Å²) in [4.78, 5) is 14.1. The van der Waals surface area contributed by atoms with Gasteiger partial charge in [-0.1, -0.05) is 13.8 Å². The predicted molar refractivity (Wildman–Crippen MR) is 75.6 cm³/mol. The van der Waals surface area contributed by atoms with Gasteiger partial charge in [-0.2, -0.15) is 5.10 Å². The third kappa shape index (κ3) is 4.78. The molecule has 0 aliphatic carbocycles. The van der Waals surface area contributed by atoms with Gasteiger partial charge in [0.1, 0.15) is 5.69 Å². The number of halogens is 1. The van der Waals surface area contributed by atoms with Crippen LogP contribution in [0.2, 0.25) is 0 Å². The highest BCUT2D eigenvalue weighted by atomic mass is 79.9. The standard InChI is InChI=1S/C12H21BrN4O/c1-8(2)5-9(7-17(3)4)15-12(18)11-10(13)6-14-16-11/h6,8-9H,5,7H2,1-4H3,(H,14,16)(H,15,18). The average Bonchev–Trinajstić information content (AvgIpc) is 2.61. The summed E-state index contributed by atoms with van der Waals surface area (Å²) in [5.41, 5.74) is 0.475. The van der Waals surface area contributed by atoms with Gasteiger partial charge in [0.15, 0.2) is 0 Å². The van der Waals surface area contributed by atoms with E-state index in [1.54, 1.807) is 6.20 Å². The van der Waals surface area contributed by atoms with Crippen molar-refractivity contribution < 1.29 is 4.79 Å². The molecule has 0 aliphatic heterocycles. The number of hydrogen-bond acceptors (Lipinski definition) is 3. The van der Waals surface area contributed by atoms with E-state index < -0.39 is 0 Å². The molecule has 2 N–H and O–H groups in total. The quantitative estimate of drug-likeness (QED) is 0.842. The lowest BCUT2D eigenvalue weighted by molar-refractivity contribution is 0.0918. The summed E-state index contributed by atoms with van der Waals surface area (Å²) < 4.78 is 0.688. The Hall–Kier alpha value is -0.880. The first-order chi connectivity index (χ1) is 8.40. The second-order valence-electron chi connectivity index (χ2n) is 5.16. The Balaban J connectivity index is 2.65. The molecule has 0 saturated heterocycles. The Kier molecular flexibility index (Phi) is 5.81. The van der Waals surface area contributed by atoms with Crippen LogP contribution in [0.15, 0.2) is 10.7 Å². The predicted octanol–water partition coefficient (Wildman–Crippen LogP) is 1.88. The molecule has 1 aromatic heterocycles. The molecular formula is C12H21BrN4O. The van der Waals surface area contributed by atoms with Crippen LogP contribution in [-0.4, -0.2) is 47.7 Å². The first-order valence-electron chi connectivity index (χ1n) is 6.04. The normalized spacial score (nSPS) is 13.1. The highest BCUT2D eigenvalue weighted by Gasteiger charge is 2.18. The molecule has 0 fully saturated rings. The van der Waals surface area contributed by atoms with Crippen molar-refractivity contribution in [2.75, 3.05) is 20.6 Å². The molecule has 1 rings (SSSR count). The summed E-state index contributed by atoms with van der Waals surface area (Å²) in [5.74, 6) is 0.423. The lowest BCUT2D eigenvalue weighted by Gasteiger charge is -2.23. The zero-order chi connectivity index (χ0) is 13.7. The van der Waals surface area contributed by atoms with Crippen LogP contribution in [0.1, 0.15) is 30.8 Å². The number of amides is 1. The first kappa shape index (κ1) is 15.2. The molecule has 0 aliphatic rings. The first-order valence-corrected chi connectivity index (χ1v) is 6.84. The highest BCUT2D eigenvalue weighted by molar-refractivity contribution is 9.10. The van der Waals surface area contributed by atoms with Crippen molar-refractivity contribution in [1.29, 1.82) is 0 Å². The van der Waals surface area contributed by atoms with Crippen molar-refractivity contribution in [2.24, 2.45) is 5.92 Å². The van der Waals surface area contributed by atoms with Gasteiger partial charge in [-0.05, 0) is 42.4 Å². The van der Waals surface area contributed by atoms with E-state index in [-0.39, 0.29) is 11.9 Å². The molecule has 1 aromatic rings. The van der Waals surface area contributed by atoms with E-state index in [0.29, 0.717) is 16.1 Å². The Morgan fingerprint density at radius 2 is 2.22 bits per heavy atom. The van der Waals surface area contributed by atoms with E-state index in [0.717, 1.165) is 13.0 Å². The van der Waals surface area contributed by atoms with Crippen LogP contribution in [0.3, 0.4) is 0 Å². The summed E-state index contributed by atoms with van der Waals surface area (Å²) in [6.07, 6.45) is 2.54. The SMILES string of the molecule is CC(C)CC(CN(C)C)NC(=O)c1[nH]ncc1Br. The molecule has 1 atom stereocenters. The molecule has 1 heterocycles. The summed E-state index contributed by atoms with van der Waals surface area (Å²) in [5, 5.41) is 9.56. The Labute approximate surface area is 116 Å². The average molecular weight is 317 g/mol. The lowest BCUT2D eigenvalue weighted by Crippen LogP contribution is -2.42. The van der Waals surface area contributed by atoms with E-state index in [9.17, 15) is 4.79 Å². The molecule has 102 valence electrons. The molecule has 1 amide bonds. The van der Waals surface area contributed by atoms with Gasteiger partial charge < -0.3 is 10.2 Å². The molecule has 0 spiro atoms. The third-order valence-electron chi connectivity index (χ3n) is 2.50. The van der Waals surface area contributed by atoms with Crippen LogP contribution in [-0.2, 0) is 0 Å². The maximum Gasteiger partial charge on any atom is 0.270 e. The zero-order valence-corrected chi connectivity index (χ0v) is 12.9. The van der Waals surface area contributed by atoms with Gasteiger partial charge in [0.2, 0.25) is 0 Å². The second kappa shape index (κ2) is 6.89. The van der Waals surface area contributed by atoms with E-state index in [1.165, 1.54) is 0 Å². The maximum atomic E-state index is 12.1. The molecule has 0 bridgehead atoms. The van der Waals surface area contributed by atoms with Crippen molar-refractivity contribution in [3.05, 3.63) is 16.4 Å². The third-order valence-corrected chi connectivity index (χ3v) is 3.10. The minimum absolute atomic E-state index is 0.119. The van der Waals surface area contributed by atoms with Gasteiger partial charge in [0, 0.05) is 12.6 Å². The fraction of sp³-hybridized carbons (Fsp3) is 0.667. The number of rotatable bonds is 6. The Morgan fingerprint density at radius 3 is 2.67 bits per heavy atom. The summed E-state index contributed by atoms with van der Waals surface area (Å²) >= 11 is 3.29. The smallest absolute Gasteiger partial charge is 0.270 e. The summed E-state index contributed by atoms with van der Waals surface area (Å²) in [6.45, 7) is 5.14. The van der Waals surface area contributed by atoms with Crippen molar-refractivity contribution in [3.8, 4) is 0 Å². The van der Waals surface area contributed by atoms with Crippen molar-refractivity contribution in [2.45, 2.75) is 26.3 Å². The molecular weight excluding hydrogens is 296 g/mol. The number of nitrogens with zero attached hydrogens (tertiary/aromatic N) is 2. The second-order valence-corrected chi connectivity index (χ2v) is 6.01. The lowest BCUT2D eigenvalue weighted by atomic mass is 10.0. The summed E-state index contributed by atoms with van der Waals surface area (Å²) in [7, 11) is 4.01. The Bertz CT molecular complexity index is 379. The number of likely N-dealkylation sites (N-methyl/N-ethyl adjacent to an activating group) is 1. The number of aromatic amines is 1. The number of nitrogens with one attached hydrogen (secondary N) is 2. The van der Waals surface area contributed by atoms with Gasteiger partial charge in [-0.15, -0.1) is 0 Å². The molecule has 0 saturated carbocycles. The number of carbonyl (C=O) groups is 1. The number of H-pyrrole nitrogens is 1. The van der Waals surface area contributed by atoms with Crippen LogP contribution >= 0.6 is 15.9 Å². The van der Waals surface area contributed by atoms with Crippen LogP contribution in [0.25, 0.3) is 0 Å². The molecule has 0 radical (unpaired) electrons. The number of aromatic nitrogens is 2. The van der Waals surface area contributed by atoms with Crippen molar-refractivity contribution in [3.63, 3.8) is 0 Å². The van der Waals surface area contributed by atoms with Crippen LogP contribution < -0.4 is 5.32 Å². The van der Waals surface area contributed by atoms with Gasteiger partial charge in [0.05, 0.1) is 10.7 Å². The van der Waals surface area contributed by atoms with Crippen LogP contribution in [0.4, 0.5) is 0 Å². The minimum atomic E-state index is -0.119. The highest BCUT2D eigenvalue weighted by Crippen LogP contribution is 2.13. The largest absolute Gasteiger partial charge is 0.347 e. The summed E-state index contributed by atoms with van der Waals surface area (Å²) in [6, 6.07) is 0.141. The van der Waals surface area contributed by atoms with Crippen molar-refractivity contribution in [1.82, 2.24) is 20.4 Å². The fourth-order valence-corrected chi connectivity index (χ4v) is 2.25. The van der Waals surface area contributed by atoms with E-state index in [2.05, 4.69) is 50.2 Å². The van der Waals surface area contributed by atoms with E-state index in [4.69, 9.17) is 0 Å². The van der Waals surface area contributed by atoms with Gasteiger partial charge in [-0.3, -0.25) is 9.89 Å². The van der Waals surface area contributed by atoms with Crippen LogP contribution in [0, 0.1) is 5.92 Å². The maximum absolute atomic E-state index is 12.1. The number of hydrogen-bond donors (Lipinski definition) is 2. The molecule has 18 heavy (non-hydrogen) atoms. The van der Waals surface area contributed by atoms with E-state index in [1.807, 2.05) is 14.1 Å². The fourth-order valence-electron chi connectivity index (χ4n) is 1.88. The van der Waals surface area contributed by atoms with Gasteiger partial charge in [-0.25, -0.2) is 0 Å². The van der Waals surface area contributed by atoms with E-state index >= 15 is 0 Å². The molecule has 5 nitrogen and oxygen atoms in total. The zero-order valence-electron chi connectivity index (χ0n) is 11.3. The van der Waals surface area contributed by atoms with Gasteiger partial charge in [0.25, 0.3) is 5.91 Å². The van der Waals surface area contributed by atoms with Gasteiger partial charge >= 0.3 is 0 Å². The van der Waals surface area contributed by atoms with Crippen molar-refractivity contribution >= 4 is 21.8 Å². The molecule has 1 unspecified atom stereocenters. The molecule has 0 aromatic carbocycles. The molecule has 6 heteroatoms. The minimum Gasteiger partial charge on any atom is -0.347 e. The van der Waals surface area contributed by atoms with Crippen LogP contribution in [0.5, 0.6) is 0 Å². The Morgan fingerprint density at radius 1 is 1.56 bits per heavy atom. The monoisotopic (exact) mass is 316 g/mol.